The second-order valence-corrected chi connectivity index (χ2v) is 11.4. The third-order valence-electron chi connectivity index (χ3n) is 7.87. The van der Waals surface area contributed by atoms with Crippen LogP contribution < -0.4 is 16.0 Å². The van der Waals surface area contributed by atoms with E-state index in [0.717, 1.165) is 54.0 Å². The van der Waals surface area contributed by atoms with Gasteiger partial charge in [0.25, 0.3) is 0 Å². The first kappa shape index (κ1) is 22.3. The van der Waals surface area contributed by atoms with Gasteiger partial charge in [0.05, 0.1) is 0 Å². The molecule has 6 rings (SSSR count). The van der Waals surface area contributed by atoms with E-state index < -0.39 is 6.04 Å². The molecular weight excluding hydrogens is 434 g/mol. The zero-order valence-corrected chi connectivity index (χ0v) is 20.2. The van der Waals surface area contributed by atoms with Crippen LogP contribution in [0.3, 0.4) is 0 Å². The summed E-state index contributed by atoms with van der Waals surface area (Å²) in [6, 6.07) is 8.91. The maximum absolute atomic E-state index is 13.1. The molecule has 0 unspecified atom stereocenters. The lowest BCUT2D eigenvalue weighted by Crippen LogP contribution is -2.63. The first-order valence-corrected chi connectivity index (χ1v) is 13.0. The van der Waals surface area contributed by atoms with Gasteiger partial charge < -0.3 is 10.6 Å². The molecule has 2 atom stereocenters. The maximum Gasteiger partial charge on any atom is 0.315 e. The van der Waals surface area contributed by atoms with Gasteiger partial charge in [0, 0.05) is 11.1 Å². The van der Waals surface area contributed by atoms with Crippen LogP contribution >= 0.6 is 11.3 Å². The number of benzene rings is 1. The molecule has 4 aliphatic rings. The Balaban J connectivity index is 1.23. The Bertz CT molecular complexity index is 972. The van der Waals surface area contributed by atoms with Crippen molar-refractivity contribution in [3.05, 3.63) is 30.3 Å². The highest BCUT2D eigenvalue weighted by Crippen LogP contribution is 2.55. The number of carbonyl (C=O) groups excluding carboxylic acids is 2. The van der Waals surface area contributed by atoms with Crippen LogP contribution in [0.25, 0.3) is 10.6 Å². The van der Waals surface area contributed by atoms with Gasteiger partial charge >= 0.3 is 6.03 Å². The summed E-state index contributed by atoms with van der Waals surface area (Å²) in [4.78, 5) is 26.2. The lowest BCUT2D eigenvalue weighted by atomic mass is 9.53. The average Bonchev–Trinajstić information content (AvgIpc) is 3.24. The summed E-state index contributed by atoms with van der Waals surface area (Å²) in [6.45, 7) is 4.02. The van der Waals surface area contributed by atoms with Crippen molar-refractivity contribution in [2.75, 3.05) is 5.32 Å². The molecule has 7 nitrogen and oxygen atoms in total. The van der Waals surface area contributed by atoms with Crippen molar-refractivity contribution >= 4 is 28.4 Å². The molecule has 176 valence electrons. The first-order chi connectivity index (χ1) is 15.9. The fourth-order valence-electron chi connectivity index (χ4n) is 6.54. The highest BCUT2D eigenvalue weighted by molar-refractivity contribution is 7.18. The van der Waals surface area contributed by atoms with E-state index in [0.29, 0.717) is 5.13 Å². The Hall–Kier alpha value is -2.48. The molecule has 4 fully saturated rings. The molecule has 0 radical (unpaired) electrons. The predicted octanol–water partition coefficient (Wildman–Crippen LogP) is 4.83. The van der Waals surface area contributed by atoms with Crippen molar-refractivity contribution in [2.45, 2.75) is 70.4 Å². The topological polar surface area (TPSA) is 96.0 Å². The first-order valence-electron chi connectivity index (χ1n) is 12.2. The molecule has 1 heterocycles. The van der Waals surface area contributed by atoms with Crippen LogP contribution in [0.2, 0.25) is 0 Å². The van der Waals surface area contributed by atoms with Gasteiger partial charge in [-0.3, -0.25) is 10.1 Å². The molecule has 4 aliphatic carbocycles. The quantitative estimate of drug-likeness (QED) is 0.544. The fraction of sp³-hybridized carbons (Fsp3) is 0.600. The zero-order valence-electron chi connectivity index (χ0n) is 19.3. The summed E-state index contributed by atoms with van der Waals surface area (Å²) in [5.74, 6) is 2.00. The molecule has 1 aromatic carbocycles. The number of nitrogens with one attached hydrogen (secondary N) is 3. The summed E-state index contributed by atoms with van der Waals surface area (Å²) in [5, 5.41) is 18.7. The van der Waals surface area contributed by atoms with Crippen molar-refractivity contribution in [3.8, 4) is 10.6 Å². The molecule has 0 spiro atoms. The Morgan fingerprint density at radius 2 is 1.70 bits per heavy atom. The van der Waals surface area contributed by atoms with Crippen LogP contribution in [0.5, 0.6) is 0 Å². The number of amides is 3. The average molecular weight is 468 g/mol. The minimum Gasteiger partial charge on any atom is -0.333 e. The van der Waals surface area contributed by atoms with E-state index in [2.05, 4.69) is 26.1 Å². The van der Waals surface area contributed by atoms with Crippen LogP contribution in [0.1, 0.15) is 58.8 Å². The summed E-state index contributed by atoms with van der Waals surface area (Å²) >= 11 is 1.33. The van der Waals surface area contributed by atoms with Crippen LogP contribution in [0.15, 0.2) is 30.3 Å². The molecule has 33 heavy (non-hydrogen) atoms. The SMILES string of the molecule is CC[C@H](C)[C@@H](NC(=O)NC12CC3CC(CC(C3)C1)C2)C(=O)Nc1nnc(-c2ccccc2)s1. The smallest absolute Gasteiger partial charge is 0.315 e. The van der Waals surface area contributed by atoms with Crippen molar-refractivity contribution in [1.82, 2.24) is 20.8 Å². The predicted molar refractivity (Wildman–Crippen MR) is 130 cm³/mol. The van der Waals surface area contributed by atoms with Crippen LogP contribution in [-0.2, 0) is 4.79 Å². The van der Waals surface area contributed by atoms with E-state index in [-0.39, 0.29) is 23.4 Å². The van der Waals surface area contributed by atoms with Crippen molar-refractivity contribution in [3.63, 3.8) is 0 Å². The summed E-state index contributed by atoms with van der Waals surface area (Å²) < 4.78 is 0. The number of rotatable bonds is 7. The number of carbonyl (C=O) groups is 2. The van der Waals surface area contributed by atoms with E-state index in [9.17, 15) is 9.59 Å². The monoisotopic (exact) mass is 467 g/mol. The highest BCUT2D eigenvalue weighted by Gasteiger charge is 2.51. The van der Waals surface area contributed by atoms with E-state index >= 15 is 0 Å². The van der Waals surface area contributed by atoms with E-state index in [1.807, 2.05) is 44.2 Å². The van der Waals surface area contributed by atoms with Crippen LogP contribution in [-0.4, -0.2) is 33.7 Å². The van der Waals surface area contributed by atoms with E-state index in [4.69, 9.17) is 0 Å². The Morgan fingerprint density at radius 1 is 1.06 bits per heavy atom. The minimum atomic E-state index is -0.631. The van der Waals surface area contributed by atoms with Gasteiger partial charge in [0.15, 0.2) is 0 Å². The van der Waals surface area contributed by atoms with Gasteiger partial charge in [-0.1, -0.05) is 61.9 Å². The molecule has 8 heteroatoms. The normalized spacial score (nSPS) is 29.3. The van der Waals surface area contributed by atoms with Crippen LogP contribution in [0, 0.1) is 23.7 Å². The number of nitrogens with zero attached hydrogens (tertiary/aromatic N) is 2. The lowest BCUT2D eigenvalue weighted by molar-refractivity contribution is -0.119. The van der Waals surface area contributed by atoms with Crippen molar-refractivity contribution in [2.24, 2.45) is 23.7 Å². The second kappa shape index (κ2) is 9.05. The fourth-order valence-corrected chi connectivity index (χ4v) is 7.29. The molecule has 2 aromatic rings. The van der Waals surface area contributed by atoms with Gasteiger partial charge in [-0.2, -0.15) is 0 Å². The Morgan fingerprint density at radius 3 is 2.30 bits per heavy atom. The Labute approximate surface area is 199 Å². The summed E-state index contributed by atoms with van der Waals surface area (Å²) in [5.41, 5.74) is 0.876. The molecular formula is C25H33N5O2S. The van der Waals surface area contributed by atoms with Gasteiger partial charge in [-0.15, -0.1) is 10.2 Å². The van der Waals surface area contributed by atoms with Gasteiger partial charge in [0.1, 0.15) is 11.0 Å². The second-order valence-electron chi connectivity index (χ2n) is 10.4. The van der Waals surface area contributed by atoms with E-state index in [1.165, 1.54) is 30.6 Å². The van der Waals surface area contributed by atoms with Crippen LogP contribution in [0.4, 0.5) is 9.93 Å². The van der Waals surface area contributed by atoms with E-state index in [1.54, 1.807) is 0 Å². The lowest BCUT2D eigenvalue weighted by Gasteiger charge is -2.56. The van der Waals surface area contributed by atoms with Gasteiger partial charge in [0.2, 0.25) is 11.0 Å². The molecule has 4 bridgehead atoms. The number of urea groups is 1. The zero-order chi connectivity index (χ0) is 23.0. The van der Waals surface area contributed by atoms with Crippen molar-refractivity contribution < 1.29 is 9.59 Å². The summed E-state index contributed by atoms with van der Waals surface area (Å²) in [6.07, 6.45) is 8.01. The number of aromatic nitrogens is 2. The molecule has 3 N–H and O–H groups in total. The third-order valence-corrected chi connectivity index (χ3v) is 8.76. The van der Waals surface area contributed by atoms with Gasteiger partial charge in [-0.05, 0) is 62.2 Å². The Kier molecular flexibility index (Phi) is 6.12. The standard InChI is InChI=1S/C25H33N5O2S/c1-3-15(2)20(21(31)27-24-30-29-22(33-24)19-7-5-4-6-8-19)26-23(32)28-25-12-16-9-17(13-25)11-18(10-16)14-25/h4-8,15-18,20H,3,9-14H2,1-2H3,(H2,26,28,32)(H,27,30,31)/t15-,16?,17?,18?,20+,25?/m0/s1. The largest absolute Gasteiger partial charge is 0.333 e. The van der Waals surface area contributed by atoms with Gasteiger partial charge in [-0.25, -0.2) is 4.79 Å². The molecule has 3 amide bonds. The minimum absolute atomic E-state index is 0.00590. The molecule has 1 aromatic heterocycles. The molecule has 0 saturated heterocycles. The summed E-state index contributed by atoms with van der Waals surface area (Å²) in [7, 11) is 0. The third kappa shape index (κ3) is 4.76. The molecule has 4 saturated carbocycles. The number of hydrogen-bond donors (Lipinski definition) is 3. The van der Waals surface area contributed by atoms with Crippen molar-refractivity contribution in [1.29, 1.82) is 0 Å². The maximum atomic E-state index is 13.1. The highest BCUT2D eigenvalue weighted by atomic mass is 32.1. The number of hydrogen-bond acceptors (Lipinski definition) is 5. The molecule has 0 aliphatic heterocycles. The number of anilines is 1.